The Morgan fingerprint density at radius 2 is 1.94 bits per heavy atom. The van der Waals surface area contributed by atoms with Crippen molar-refractivity contribution in [1.29, 1.82) is 0 Å². The maximum Gasteiger partial charge on any atom is 0.341 e. The molecule has 0 unspecified atom stereocenters. The number of hydrogen-bond donors (Lipinski definition) is 1. The van der Waals surface area contributed by atoms with Crippen LogP contribution in [0.15, 0.2) is 52.2 Å². The molecule has 0 saturated carbocycles. The highest BCUT2D eigenvalue weighted by Gasteiger charge is 2.23. The lowest BCUT2D eigenvalue weighted by molar-refractivity contribution is -0.113. The fraction of sp³-hybridized carbons (Fsp3) is 0.174. The quantitative estimate of drug-likeness (QED) is 0.271. The highest BCUT2D eigenvalue weighted by molar-refractivity contribution is 8.01. The first-order valence-electron chi connectivity index (χ1n) is 9.52. The molecule has 8 heteroatoms. The van der Waals surface area contributed by atoms with Gasteiger partial charge in [-0.25, -0.2) is 9.78 Å². The molecule has 4 rings (SSSR count). The van der Waals surface area contributed by atoms with E-state index in [9.17, 15) is 9.59 Å². The summed E-state index contributed by atoms with van der Waals surface area (Å²) in [6.07, 6.45) is 0. The third-order valence-corrected chi connectivity index (χ3v) is 7.79. The molecule has 2 heterocycles. The van der Waals surface area contributed by atoms with E-state index in [1.54, 1.807) is 11.3 Å². The van der Waals surface area contributed by atoms with Gasteiger partial charge in [0.1, 0.15) is 10.6 Å². The van der Waals surface area contributed by atoms with Crippen LogP contribution in [0.3, 0.4) is 0 Å². The number of benzene rings is 2. The Balaban J connectivity index is 1.54. The summed E-state index contributed by atoms with van der Waals surface area (Å²) in [6, 6.07) is 14.0. The van der Waals surface area contributed by atoms with Crippen molar-refractivity contribution in [1.82, 2.24) is 4.98 Å². The van der Waals surface area contributed by atoms with Crippen molar-refractivity contribution >= 4 is 61.5 Å². The molecule has 0 fully saturated rings. The summed E-state index contributed by atoms with van der Waals surface area (Å²) in [6.45, 7) is 4.01. The molecule has 2 aromatic carbocycles. The number of carbonyl (C=O) groups is 2. The molecule has 0 aliphatic carbocycles. The third kappa shape index (κ3) is 4.66. The number of carbonyl (C=O) groups excluding carboxylic acids is 2. The average Bonchev–Trinajstić information content (AvgIpc) is 3.37. The molecule has 0 bridgehead atoms. The number of fused-ring (bicyclic) bond motifs is 1. The number of aryl methyl sites for hydroxylation is 2. The predicted octanol–water partition coefficient (Wildman–Crippen LogP) is 6.16. The Bertz CT molecular complexity index is 1240. The van der Waals surface area contributed by atoms with E-state index in [4.69, 9.17) is 4.74 Å². The van der Waals surface area contributed by atoms with Gasteiger partial charge >= 0.3 is 5.97 Å². The molecule has 158 valence electrons. The molecule has 1 amide bonds. The first-order chi connectivity index (χ1) is 15.0. The highest BCUT2D eigenvalue weighted by atomic mass is 32.2. The van der Waals surface area contributed by atoms with E-state index < -0.39 is 5.97 Å². The van der Waals surface area contributed by atoms with Crippen LogP contribution in [0.5, 0.6) is 0 Å². The largest absolute Gasteiger partial charge is 0.465 e. The van der Waals surface area contributed by atoms with E-state index in [2.05, 4.69) is 10.3 Å². The topological polar surface area (TPSA) is 68.3 Å². The smallest absolute Gasteiger partial charge is 0.341 e. The zero-order valence-electron chi connectivity index (χ0n) is 17.2. The molecule has 0 atom stereocenters. The van der Waals surface area contributed by atoms with Gasteiger partial charge in [-0.2, -0.15) is 0 Å². The number of rotatable bonds is 6. The summed E-state index contributed by atoms with van der Waals surface area (Å²) in [5, 5.41) is 5.28. The molecule has 0 radical (unpaired) electrons. The van der Waals surface area contributed by atoms with Crippen LogP contribution in [0.2, 0.25) is 0 Å². The lowest BCUT2D eigenvalue weighted by Crippen LogP contribution is -2.16. The average molecular weight is 469 g/mol. The van der Waals surface area contributed by atoms with Gasteiger partial charge in [-0.15, -0.1) is 22.7 Å². The maximum absolute atomic E-state index is 12.6. The molecule has 0 saturated heterocycles. The number of amides is 1. The number of aromatic nitrogens is 1. The zero-order valence-corrected chi connectivity index (χ0v) is 19.7. The van der Waals surface area contributed by atoms with Crippen LogP contribution in [-0.2, 0) is 9.53 Å². The number of esters is 1. The molecule has 31 heavy (non-hydrogen) atoms. The second kappa shape index (κ2) is 9.21. The van der Waals surface area contributed by atoms with Gasteiger partial charge in [0, 0.05) is 10.9 Å². The molecule has 1 N–H and O–H groups in total. The van der Waals surface area contributed by atoms with Crippen molar-refractivity contribution < 1.29 is 14.3 Å². The number of nitrogens with zero attached hydrogens (tertiary/aromatic N) is 1. The third-order valence-electron chi connectivity index (χ3n) is 4.72. The normalized spacial score (nSPS) is 10.9. The van der Waals surface area contributed by atoms with Crippen LogP contribution in [0.1, 0.15) is 21.5 Å². The van der Waals surface area contributed by atoms with Crippen molar-refractivity contribution in [2.24, 2.45) is 0 Å². The molecule has 2 aromatic heterocycles. The lowest BCUT2D eigenvalue weighted by atomic mass is 9.97. The van der Waals surface area contributed by atoms with E-state index in [1.807, 2.05) is 61.7 Å². The Kier molecular flexibility index (Phi) is 6.41. The van der Waals surface area contributed by atoms with E-state index in [0.29, 0.717) is 10.6 Å². The summed E-state index contributed by atoms with van der Waals surface area (Å²) < 4.78 is 6.95. The van der Waals surface area contributed by atoms with Gasteiger partial charge in [0.25, 0.3) is 0 Å². The molecule has 4 aromatic rings. The Hall–Kier alpha value is -2.68. The molecule has 0 aliphatic heterocycles. The Morgan fingerprint density at radius 3 is 2.71 bits per heavy atom. The van der Waals surface area contributed by atoms with Crippen LogP contribution in [0, 0.1) is 13.8 Å². The van der Waals surface area contributed by atoms with Crippen molar-refractivity contribution in [3.8, 4) is 11.1 Å². The standard InChI is InChI=1S/C23H20N2O3S3/c1-13-8-9-14(2)15(10-13)16-11-29-21(20(16)22(27)28-3)25-19(26)12-30-23-24-17-6-4-5-7-18(17)31-23/h4-11H,12H2,1-3H3,(H,25,26). The van der Waals surface area contributed by atoms with Crippen molar-refractivity contribution in [2.45, 2.75) is 18.2 Å². The van der Waals surface area contributed by atoms with Crippen LogP contribution in [0.4, 0.5) is 5.00 Å². The second-order valence-electron chi connectivity index (χ2n) is 6.95. The number of nitrogens with one attached hydrogen (secondary N) is 1. The van der Waals surface area contributed by atoms with Crippen LogP contribution in [0.25, 0.3) is 21.3 Å². The van der Waals surface area contributed by atoms with Crippen molar-refractivity contribution in [2.75, 3.05) is 18.2 Å². The van der Waals surface area contributed by atoms with Crippen LogP contribution >= 0.6 is 34.4 Å². The van der Waals surface area contributed by atoms with Gasteiger partial charge in [0.2, 0.25) is 5.91 Å². The van der Waals surface area contributed by atoms with Gasteiger partial charge in [0.05, 0.1) is 23.1 Å². The second-order valence-corrected chi connectivity index (χ2v) is 10.1. The number of thioether (sulfide) groups is 1. The van der Waals surface area contributed by atoms with Crippen molar-refractivity contribution in [3.05, 3.63) is 64.5 Å². The minimum Gasteiger partial charge on any atom is -0.465 e. The van der Waals surface area contributed by atoms with Gasteiger partial charge in [-0.05, 0) is 37.1 Å². The summed E-state index contributed by atoms with van der Waals surface area (Å²) >= 11 is 4.27. The fourth-order valence-corrected chi connectivity index (χ4v) is 6.01. The van der Waals surface area contributed by atoms with E-state index in [0.717, 1.165) is 36.8 Å². The van der Waals surface area contributed by atoms with Gasteiger partial charge in [-0.1, -0.05) is 47.7 Å². The number of hydrogen-bond acceptors (Lipinski definition) is 7. The number of para-hydroxylation sites is 1. The van der Waals surface area contributed by atoms with Gasteiger partial charge in [0.15, 0.2) is 4.34 Å². The van der Waals surface area contributed by atoms with Gasteiger partial charge in [-0.3, -0.25) is 4.79 Å². The number of thiophene rings is 1. The first-order valence-corrected chi connectivity index (χ1v) is 12.2. The molecule has 0 aliphatic rings. The molecule has 5 nitrogen and oxygen atoms in total. The fourth-order valence-electron chi connectivity index (χ4n) is 3.18. The summed E-state index contributed by atoms with van der Waals surface area (Å²) in [5.74, 6) is -0.452. The summed E-state index contributed by atoms with van der Waals surface area (Å²) in [5.41, 5.74) is 5.20. The monoisotopic (exact) mass is 468 g/mol. The SMILES string of the molecule is COC(=O)c1c(-c2cc(C)ccc2C)csc1NC(=O)CSc1nc2ccccc2s1. The first kappa shape index (κ1) is 21.5. The molecular weight excluding hydrogens is 448 g/mol. The highest BCUT2D eigenvalue weighted by Crippen LogP contribution is 2.38. The number of methoxy groups -OCH3 is 1. The maximum atomic E-state index is 12.6. The summed E-state index contributed by atoms with van der Waals surface area (Å²) in [4.78, 5) is 29.7. The Labute approximate surface area is 192 Å². The number of thiazole rings is 1. The lowest BCUT2D eigenvalue weighted by Gasteiger charge is -2.10. The zero-order chi connectivity index (χ0) is 22.0. The van der Waals surface area contributed by atoms with Crippen LogP contribution < -0.4 is 5.32 Å². The number of anilines is 1. The molecular formula is C23H20N2O3S3. The van der Waals surface area contributed by atoms with Gasteiger partial charge < -0.3 is 10.1 Å². The number of ether oxygens (including phenoxy) is 1. The van der Waals surface area contributed by atoms with Crippen LogP contribution in [-0.4, -0.2) is 29.7 Å². The minimum absolute atomic E-state index is 0.191. The van der Waals surface area contributed by atoms with Crippen molar-refractivity contribution in [3.63, 3.8) is 0 Å². The molecule has 0 spiro atoms. The van der Waals surface area contributed by atoms with E-state index in [-0.39, 0.29) is 11.7 Å². The van der Waals surface area contributed by atoms with E-state index >= 15 is 0 Å². The predicted molar refractivity (Wildman–Crippen MR) is 130 cm³/mol. The summed E-state index contributed by atoms with van der Waals surface area (Å²) in [7, 11) is 1.35. The van der Waals surface area contributed by atoms with E-state index in [1.165, 1.54) is 30.2 Å². The minimum atomic E-state index is -0.466. The Morgan fingerprint density at radius 1 is 1.13 bits per heavy atom.